The molecule has 1 amide bonds. The summed E-state index contributed by atoms with van der Waals surface area (Å²) in [5.74, 6) is 0.721. The van der Waals surface area contributed by atoms with E-state index in [1.807, 2.05) is 23.1 Å². The predicted octanol–water partition coefficient (Wildman–Crippen LogP) is 3.52. The van der Waals surface area contributed by atoms with E-state index in [0.717, 1.165) is 39.0 Å². The number of amides is 1. The summed E-state index contributed by atoms with van der Waals surface area (Å²) in [7, 11) is 0. The maximum absolute atomic E-state index is 12.6. The zero-order valence-electron chi connectivity index (χ0n) is 14.9. The van der Waals surface area contributed by atoms with Crippen LogP contribution in [0.1, 0.15) is 48.5 Å². The van der Waals surface area contributed by atoms with Crippen LogP contribution in [0.15, 0.2) is 42.7 Å². The first kappa shape index (κ1) is 17.4. The number of anilines is 1. The van der Waals surface area contributed by atoms with Crippen LogP contribution in [0.5, 0.6) is 0 Å². The molecule has 0 aliphatic carbocycles. The van der Waals surface area contributed by atoms with Crippen molar-refractivity contribution in [3.8, 4) is 0 Å². The summed E-state index contributed by atoms with van der Waals surface area (Å²) in [4.78, 5) is 25.6. The number of rotatable bonds is 5. The molecule has 1 saturated heterocycles. The molecule has 1 aliphatic rings. The lowest BCUT2D eigenvalue weighted by atomic mass is 10.2. The van der Waals surface area contributed by atoms with Crippen LogP contribution in [0.3, 0.4) is 0 Å². The monoisotopic (exact) mass is 338 g/mol. The summed E-state index contributed by atoms with van der Waals surface area (Å²) in [6, 6.07) is 10.3. The summed E-state index contributed by atoms with van der Waals surface area (Å²) in [6.45, 7) is 5.35. The standard InChI is InChI=1S/C20H26N4O/c1-2-23(16-17-10-6-5-7-11-17)20-21-14-18(15-22-20)19(25)24-12-8-3-4-9-13-24/h5-7,10-11,14-15H,2-4,8-9,12-13,16H2,1H3. The maximum Gasteiger partial charge on any atom is 0.256 e. The molecule has 0 unspecified atom stereocenters. The van der Waals surface area contributed by atoms with Crippen LogP contribution in [-0.4, -0.2) is 40.4 Å². The Labute approximate surface area is 149 Å². The van der Waals surface area contributed by atoms with Crippen molar-refractivity contribution >= 4 is 11.9 Å². The Bertz CT molecular complexity index is 664. The van der Waals surface area contributed by atoms with Crippen molar-refractivity contribution in [1.82, 2.24) is 14.9 Å². The van der Waals surface area contributed by atoms with Crippen LogP contribution in [0.4, 0.5) is 5.95 Å². The molecule has 0 bridgehead atoms. The van der Waals surface area contributed by atoms with Gasteiger partial charge in [-0.05, 0) is 25.3 Å². The minimum Gasteiger partial charge on any atom is -0.339 e. The summed E-state index contributed by atoms with van der Waals surface area (Å²) in [5.41, 5.74) is 1.80. The van der Waals surface area contributed by atoms with E-state index in [4.69, 9.17) is 0 Å². The molecule has 132 valence electrons. The van der Waals surface area contributed by atoms with Gasteiger partial charge in [-0.25, -0.2) is 9.97 Å². The van der Waals surface area contributed by atoms with E-state index in [0.29, 0.717) is 11.5 Å². The quantitative estimate of drug-likeness (QED) is 0.837. The highest BCUT2D eigenvalue weighted by atomic mass is 16.2. The second-order valence-corrected chi connectivity index (χ2v) is 6.48. The van der Waals surface area contributed by atoms with Crippen molar-refractivity contribution in [1.29, 1.82) is 0 Å². The van der Waals surface area contributed by atoms with Crippen LogP contribution < -0.4 is 4.90 Å². The third-order valence-corrected chi connectivity index (χ3v) is 4.66. The minimum absolute atomic E-state index is 0.0551. The van der Waals surface area contributed by atoms with Gasteiger partial charge in [0.1, 0.15) is 0 Å². The normalized spacial score (nSPS) is 14.8. The van der Waals surface area contributed by atoms with Crippen molar-refractivity contribution in [2.45, 2.75) is 39.2 Å². The molecule has 1 fully saturated rings. The Balaban J connectivity index is 1.68. The zero-order valence-corrected chi connectivity index (χ0v) is 14.9. The molecule has 0 radical (unpaired) electrons. The third kappa shape index (κ3) is 4.56. The van der Waals surface area contributed by atoms with Gasteiger partial charge in [0, 0.05) is 38.6 Å². The fraction of sp³-hybridized carbons (Fsp3) is 0.450. The van der Waals surface area contributed by atoms with Gasteiger partial charge in [-0.2, -0.15) is 0 Å². The second-order valence-electron chi connectivity index (χ2n) is 6.48. The third-order valence-electron chi connectivity index (χ3n) is 4.66. The molecule has 2 heterocycles. The lowest BCUT2D eigenvalue weighted by Gasteiger charge is -2.22. The van der Waals surface area contributed by atoms with E-state index < -0.39 is 0 Å². The summed E-state index contributed by atoms with van der Waals surface area (Å²) in [6.07, 6.45) is 7.94. The molecule has 2 aromatic rings. The van der Waals surface area contributed by atoms with Crippen LogP contribution in [0, 0.1) is 0 Å². The number of likely N-dealkylation sites (tertiary alicyclic amines) is 1. The van der Waals surface area contributed by atoms with Crippen molar-refractivity contribution < 1.29 is 4.79 Å². The highest BCUT2D eigenvalue weighted by molar-refractivity contribution is 5.93. The van der Waals surface area contributed by atoms with Gasteiger partial charge >= 0.3 is 0 Å². The van der Waals surface area contributed by atoms with E-state index in [2.05, 4.69) is 33.9 Å². The molecule has 5 heteroatoms. The number of carbonyl (C=O) groups excluding carboxylic acids is 1. The molecule has 1 aromatic carbocycles. The minimum atomic E-state index is 0.0551. The smallest absolute Gasteiger partial charge is 0.256 e. The summed E-state index contributed by atoms with van der Waals surface area (Å²) >= 11 is 0. The van der Waals surface area contributed by atoms with Gasteiger partial charge in [0.05, 0.1) is 5.56 Å². The first-order valence-corrected chi connectivity index (χ1v) is 9.18. The van der Waals surface area contributed by atoms with E-state index >= 15 is 0 Å². The number of carbonyl (C=O) groups is 1. The number of aromatic nitrogens is 2. The molecule has 1 aliphatic heterocycles. The molecule has 25 heavy (non-hydrogen) atoms. The zero-order chi connectivity index (χ0) is 17.5. The Morgan fingerprint density at radius 2 is 1.68 bits per heavy atom. The lowest BCUT2D eigenvalue weighted by molar-refractivity contribution is 0.0761. The topological polar surface area (TPSA) is 49.3 Å². The molecule has 0 N–H and O–H groups in total. The van der Waals surface area contributed by atoms with E-state index in [-0.39, 0.29) is 5.91 Å². The van der Waals surface area contributed by atoms with Gasteiger partial charge in [0.15, 0.2) is 0 Å². The van der Waals surface area contributed by atoms with Gasteiger partial charge in [-0.15, -0.1) is 0 Å². The predicted molar refractivity (Wildman–Crippen MR) is 99.6 cm³/mol. The number of benzene rings is 1. The average Bonchev–Trinajstić information content (AvgIpc) is 2.96. The Morgan fingerprint density at radius 1 is 1.04 bits per heavy atom. The molecule has 3 rings (SSSR count). The van der Waals surface area contributed by atoms with Crippen molar-refractivity contribution in [3.63, 3.8) is 0 Å². The van der Waals surface area contributed by atoms with Crippen molar-refractivity contribution in [2.75, 3.05) is 24.5 Å². The number of hydrogen-bond acceptors (Lipinski definition) is 4. The fourth-order valence-corrected chi connectivity index (χ4v) is 3.18. The number of nitrogens with zero attached hydrogens (tertiary/aromatic N) is 4. The fourth-order valence-electron chi connectivity index (χ4n) is 3.18. The van der Waals surface area contributed by atoms with Gasteiger partial charge in [-0.1, -0.05) is 43.2 Å². The molecule has 0 spiro atoms. The maximum atomic E-state index is 12.6. The molecular weight excluding hydrogens is 312 g/mol. The first-order chi connectivity index (χ1) is 12.3. The Morgan fingerprint density at radius 3 is 2.28 bits per heavy atom. The van der Waals surface area contributed by atoms with Gasteiger partial charge < -0.3 is 9.80 Å². The second kappa shape index (κ2) is 8.60. The van der Waals surface area contributed by atoms with Crippen LogP contribution in [-0.2, 0) is 6.54 Å². The van der Waals surface area contributed by atoms with Crippen LogP contribution >= 0.6 is 0 Å². The first-order valence-electron chi connectivity index (χ1n) is 9.18. The highest BCUT2D eigenvalue weighted by Gasteiger charge is 2.18. The largest absolute Gasteiger partial charge is 0.339 e. The van der Waals surface area contributed by atoms with Crippen LogP contribution in [0.2, 0.25) is 0 Å². The molecule has 1 aromatic heterocycles. The molecular formula is C20H26N4O. The van der Waals surface area contributed by atoms with Gasteiger partial charge in [-0.3, -0.25) is 4.79 Å². The number of hydrogen-bond donors (Lipinski definition) is 0. The van der Waals surface area contributed by atoms with E-state index in [1.165, 1.54) is 18.4 Å². The average molecular weight is 338 g/mol. The highest BCUT2D eigenvalue weighted by Crippen LogP contribution is 2.15. The molecule has 0 saturated carbocycles. The van der Waals surface area contributed by atoms with Gasteiger partial charge in [0.25, 0.3) is 5.91 Å². The van der Waals surface area contributed by atoms with Crippen LogP contribution in [0.25, 0.3) is 0 Å². The molecule has 5 nitrogen and oxygen atoms in total. The SMILES string of the molecule is CCN(Cc1ccccc1)c1ncc(C(=O)N2CCCCCC2)cn1. The molecule has 0 atom stereocenters. The van der Waals surface area contributed by atoms with Crippen molar-refractivity contribution in [2.24, 2.45) is 0 Å². The van der Waals surface area contributed by atoms with E-state index in [1.54, 1.807) is 12.4 Å². The Hall–Kier alpha value is -2.43. The van der Waals surface area contributed by atoms with Crippen molar-refractivity contribution in [3.05, 3.63) is 53.9 Å². The summed E-state index contributed by atoms with van der Waals surface area (Å²) in [5, 5.41) is 0. The summed E-state index contributed by atoms with van der Waals surface area (Å²) < 4.78 is 0. The van der Waals surface area contributed by atoms with E-state index in [9.17, 15) is 4.79 Å². The lowest BCUT2D eigenvalue weighted by Crippen LogP contribution is -2.32. The Kier molecular flexibility index (Phi) is 5.99. The van der Waals surface area contributed by atoms with Gasteiger partial charge in [0.2, 0.25) is 5.95 Å².